The molecule has 36 heavy (non-hydrogen) atoms. The third-order valence-corrected chi connectivity index (χ3v) is 7.79. The minimum atomic E-state index is -0.868. The third kappa shape index (κ3) is 6.64. The molecule has 1 saturated carbocycles. The van der Waals surface area contributed by atoms with E-state index >= 15 is 0 Å². The van der Waals surface area contributed by atoms with Crippen molar-refractivity contribution in [3.63, 3.8) is 0 Å². The summed E-state index contributed by atoms with van der Waals surface area (Å²) in [6.45, 7) is 4.76. The van der Waals surface area contributed by atoms with Crippen molar-refractivity contribution >= 4 is 22.7 Å². The molecule has 0 spiro atoms. The molecule has 1 unspecified atom stereocenters. The lowest BCUT2D eigenvalue weighted by Crippen LogP contribution is -2.57. The topological polar surface area (TPSA) is 111 Å². The highest BCUT2D eigenvalue weighted by atomic mass is 16.4. The normalized spacial score (nSPS) is 20.1. The molecule has 1 aliphatic carbocycles. The van der Waals surface area contributed by atoms with Crippen molar-refractivity contribution < 1.29 is 9.21 Å². The number of carbonyl (C=O) groups is 1. The van der Waals surface area contributed by atoms with Gasteiger partial charge in [-0.1, -0.05) is 64.0 Å². The summed E-state index contributed by atoms with van der Waals surface area (Å²) >= 11 is 0. The zero-order chi connectivity index (χ0) is 25.4. The molecular weight excluding hydrogens is 454 g/mol. The lowest BCUT2D eigenvalue weighted by molar-refractivity contribution is -0.124. The summed E-state index contributed by atoms with van der Waals surface area (Å²) in [6, 6.07) is 9.04. The minimum Gasteiger partial charge on any atom is -0.408 e. The Labute approximate surface area is 213 Å². The van der Waals surface area contributed by atoms with Gasteiger partial charge in [0.05, 0.1) is 11.5 Å². The minimum absolute atomic E-state index is 0.193. The Balaban J connectivity index is 1.56. The van der Waals surface area contributed by atoms with E-state index in [1.54, 1.807) is 12.1 Å². The van der Waals surface area contributed by atoms with E-state index in [0.29, 0.717) is 42.0 Å². The van der Waals surface area contributed by atoms with Crippen molar-refractivity contribution in [1.82, 2.24) is 15.2 Å². The first-order valence-electron chi connectivity index (χ1n) is 13.6. The molecule has 1 saturated heterocycles. The number of anilines is 1. The highest BCUT2D eigenvalue weighted by Crippen LogP contribution is 2.29. The number of aromatic nitrogens is 1. The first kappa shape index (κ1) is 26.2. The maximum Gasteiger partial charge on any atom is 0.441 e. The molecule has 2 fully saturated rings. The number of nitrogens with one attached hydrogen (secondary N) is 2. The zero-order valence-corrected chi connectivity index (χ0v) is 21.4. The number of para-hydroxylation sites is 1. The second kappa shape index (κ2) is 12.4. The Morgan fingerprint density at radius 3 is 2.58 bits per heavy atom. The Morgan fingerprint density at radius 2 is 1.89 bits per heavy atom. The van der Waals surface area contributed by atoms with Crippen LogP contribution in [-0.4, -0.2) is 47.0 Å². The number of rotatable bonds is 8. The van der Waals surface area contributed by atoms with E-state index in [9.17, 15) is 14.9 Å². The Morgan fingerprint density at radius 1 is 1.19 bits per heavy atom. The molecule has 2 heterocycles. The van der Waals surface area contributed by atoms with Gasteiger partial charge in [0.1, 0.15) is 23.0 Å². The number of amides is 1. The van der Waals surface area contributed by atoms with Gasteiger partial charge in [-0.25, -0.2) is 4.79 Å². The number of hydrogen-bond acceptors (Lipinski definition) is 7. The van der Waals surface area contributed by atoms with Crippen LogP contribution in [0.1, 0.15) is 77.6 Å². The summed E-state index contributed by atoms with van der Waals surface area (Å²) in [4.78, 5) is 32.4. The molecule has 1 atom stereocenters. The summed E-state index contributed by atoms with van der Waals surface area (Å²) < 4.78 is 5.25. The van der Waals surface area contributed by atoms with Crippen LogP contribution in [0.3, 0.4) is 0 Å². The summed E-state index contributed by atoms with van der Waals surface area (Å²) in [5.41, 5.74) is -0.435. The maximum atomic E-state index is 13.8. The lowest BCUT2D eigenvalue weighted by Gasteiger charge is -2.38. The number of fused-ring (bicyclic) bond motifs is 1. The molecule has 0 radical (unpaired) electrons. The van der Waals surface area contributed by atoms with E-state index in [2.05, 4.69) is 33.5 Å². The van der Waals surface area contributed by atoms with Crippen LogP contribution in [0.4, 0.5) is 5.82 Å². The molecule has 8 heteroatoms. The van der Waals surface area contributed by atoms with Gasteiger partial charge in [0, 0.05) is 13.1 Å². The summed E-state index contributed by atoms with van der Waals surface area (Å²) in [7, 11) is 0. The molecule has 2 N–H and O–H groups in total. The van der Waals surface area contributed by atoms with Gasteiger partial charge in [-0.3, -0.25) is 4.79 Å². The molecule has 1 aliphatic heterocycles. The standard InChI is InChI=1S/C28H39N5O3/c1-2-16-33-17-14-28(20-29,15-18-33)32-26(34)23(19-21-10-6-4-3-5-7-11-21)30-25-22-12-8-9-13-24(22)36-27(35)31-25/h8-9,12-13,21,23H,2-7,10-11,14-19H2,1H3,(H,32,34)(H,30,31,35). The first-order chi connectivity index (χ1) is 17.5. The number of piperidine rings is 1. The molecule has 4 rings (SSSR count). The molecule has 1 aromatic carbocycles. The fourth-order valence-corrected chi connectivity index (χ4v) is 5.70. The van der Waals surface area contributed by atoms with Crippen molar-refractivity contribution in [1.29, 1.82) is 5.26 Å². The zero-order valence-electron chi connectivity index (χ0n) is 21.4. The fourth-order valence-electron chi connectivity index (χ4n) is 5.70. The number of nitriles is 1. The number of nitrogens with zero attached hydrogens (tertiary/aromatic N) is 3. The molecule has 1 amide bonds. The van der Waals surface area contributed by atoms with E-state index < -0.39 is 17.3 Å². The van der Waals surface area contributed by atoms with Crippen molar-refractivity contribution in [3.05, 3.63) is 34.8 Å². The quantitative estimate of drug-likeness (QED) is 0.553. The first-order valence-corrected chi connectivity index (χ1v) is 13.6. The molecule has 2 aromatic rings. The van der Waals surface area contributed by atoms with E-state index in [4.69, 9.17) is 4.42 Å². The highest BCUT2D eigenvalue weighted by Gasteiger charge is 2.38. The number of likely N-dealkylation sites (tertiary alicyclic amines) is 1. The van der Waals surface area contributed by atoms with Gasteiger partial charge >= 0.3 is 5.76 Å². The second-order valence-electron chi connectivity index (χ2n) is 10.5. The Kier molecular flexibility index (Phi) is 8.98. The molecular formula is C28H39N5O3. The lowest BCUT2D eigenvalue weighted by atomic mass is 9.85. The SMILES string of the molecule is CCCN1CCC(C#N)(NC(=O)C(CC2CCCCCCC2)Nc2nc(=O)oc3ccccc23)CC1. The third-order valence-electron chi connectivity index (χ3n) is 7.79. The van der Waals surface area contributed by atoms with Crippen LogP contribution in [0.2, 0.25) is 0 Å². The van der Waals surface area contributed by atoms with Crippen molar-refractivity contribution in [2.24, 2.45) is 5.92 Å². The van der Waals surface area contributed by atoms with E-state index in [1.165, 1.54) is 32.1 Å². The van der Waals surface area contributed by atoms with E-state index in [-0.39, 0.29) is 5.91 Å². The maximum absolute atomic E-state index is 13.8. The average Bonchev–Trinajstić information content (AvgIpc) is 2.86. The van der Waals surface area contributed by atoms with Gasteiger partial charge in [0.25, 0.3) is 0 Å². The van der Waals surface area contributed by atoms with Crippen LogP contribution in [0.5, 0.6) is 0 Å². The molecule has 8 nitrogen and oxygen atoms in total. The van der Waals surface area contributed by atoms with Crippen LogP contribution in [0.25, 0.3) is 11.0 Å². The van der Waals surface area contributed by atoms with E-state index in [1.807, 2.05) is 12.1 Å². The number of hydrogen-bond donors (Lipinski definition) is 2. The monoisotopic (exact) mass is 493 g/mol. The van der Waals surface area contributed by atoms with Crippen molar-refractivity contribution in [2.45, 2.75) is 89.1 Å². The predicted octanol–water partition coefficient (Wildman–Crippen LogP) is 4.60. The van der Waals surface area contributed by atoms with E-state index in [0.717, 1.165) is 38.9 Å². The molecule has 194 valence electrons. The predicted molar refractivity (Wildman–Crippen MR) is 141 cm³/mol. The van der Waals surface area contributed by atoms with Crippen molar-refractivity contribution in [2.75, 3.05) is 25.0 Å². The van der Waals surface area contributed by atoms with Crippen LogP contribution < -0.4 is 16.4 Å². The Hall–Kier alpha value is -2.92. The number of benzene rings is 1. The van der Waals surface area contributed by atoms with Crippen LogP contribution in [-0.2, 0) is 4.79 Å². The van der Waals surface area contributed by atoms with Gasteiger partial charge in [-0.2, -0.15) is 10.2 Å². The van der Waals surface area contributed by atoms with Crippen molar-refractivity contribution in [3.8, 4) is 6.07 Å². The van der Waals surface area contributed by atoms with Crippen LogP contribution >= 0.6 is 0 Å². The number of carbonyl (C=O) groups excluding carboxylic acids is 1. The van der Waals surface area contributed by atoms with Gasteiger partial charge in [-0.15, -0.1) is 0 Å². The summed E-state index contributed by atoms with van der Waals surface area (Å²) in [5, 5.41) is 17.2. The molecule has 1 aromatic heterocycles. The van der Waals surface area contributed by atoms with Gasteiger partial charge in [0.15, 0.2) is 0 Å². The average molecular weight is 494 g/mol. The van der Waals surface area contributed by atoms with Gasteiger partial charge < -0.3 is 20.0 Å². The summed E-state index contributed by atoms with van der Waals surface area (Å²) in [5.74, 6) is -0.124. The van der Waals surface area contributed by atoms with Gasteiger partial charge in [-0.05, 0) is 50.3 Å². The Bertz CT molecular complexity index is 1110. The smallest absolute Gasteiger partial charge is 0.408 e. The van der Waals surface area contributed by atoms with Gasteiger partial charge in [0.2, 0.25) is 5.91 Å². The molecule has 2 aliphatic rings. The van der Waals surface area contributed by atoms with Crippen LogP contribution in [0, 0.1) is 17.2 Å². The largest absolute Gasteiger partial charge is 0.441 e. The molecule has 0 bridgehead atoms. The van der Waals surface area contributed by atoms with Crippen LogP contribution in [0.15, 0.2) is 33.5 Å². The highest BCUT2D eigenvalue weighted by molar-refractivity contribution is 5.91. The fraction of sp³-hybridized carbons (Fsp3) is 0.643. The summed E-state index contributed by atoms with van der Waals surface area (Å²) in [6.07, 6.45) is 11.2. The second-order valence-corrected chi connectivity index (χ2v) is 10.5.